The largest absolute Gasteiger partial charge is 0.495 e. The number of pyridine rings is 1. The first-order chi connectivity index (χ1) is 18.2. The molecule has 0 fully saturated rings. The average molecular weight is 540 g/mol. The maximum absolute atomic E-state index is 13.6. The standard InChI is InChI=1S/C25H29N7O5S/c1-15-10-11-20(35-4)19(12-15)32-24(18-8-7-9-21(28-18)36-5)29-30-25(32)31-38(33,34)17(3)22(37-6)23-26-13-16(2)14-27-23/h7-14,17,22H,1-6H3,(H,30,31). The highest BCUT2D eigenvalue weighted by atomic mass is 32.2. The molecule has 4 aromatic rings. The summed E-state index contributed by atoms with van der Waals surface area (Å²) in [5, 5.41) is 7.37. The van der Waals surface area contributed by atoms with Crippen LogP contribution in [-0.2, 0) is 14.8 Å². The molecule has 2 atom stereocenters. The molecule has 1 N–H and O–H groups in total. The molecule has 2 unspecified atom stereocenters. The fraction of sp³-hybridized carbons (Fsp3) is 0.320. The Balaban J connectivity index is 1.82. The summed E-state index contributed by atoms with van der Waals surface area (Å²) in [5.41, 5.74) is 2.70. The van der Waals surface area contributed by atoms with E-state index in [4.69, 9.17) is 14.2 Å². The number of aromatic nitrogens is 6. The van der Waals surface area contributed by atoms with Crippen molar-refractivity contribution >= 4 is 16.0 Å². The van der Waals surface area contributed by atoms with Gasteiger partial charge in [-0.3, -0.25) is 9.29 Å². The lowest BCUT2D eigenvalue weighted by atomic mass is 10.2. The van der Waals surface area contributed by atoms with E-state index in [-0.39, 0.29) is 17.6 Å². The fourth-order valence-corrected chi connectivity index (χ4v) is 4.94. The number of aryl methyl sites for hydroxylation is 2. The molecule has 0 spiro atoms. The molecule has 0 saturated carbocycles. The Kier molecular flexibility index (Phi) is 7.88. The highest BCUT2D eigenvalue weighted by Gasteiger charge is 2.34. The van der Waals surface area contributed by atoms with Crippen LogP contribution < -0.4 is 14.2 Å². The van der Waals surface area contributed by atoms with Crippen LogP contribution in [0.15, 0.2) is 48.8 Å². The van der Waals surface area contributed by atoms with Crippen molar-refractivity contribution in [2.45, 2.75) is 32.1 Å². The smallest absolute Gasteiger partial charge is 0.243 e. The van der Waals surface area contributed by atoms with Gasteiger partial charge in [0.1, 0.15) is 22.8 Å². The van der Waals surface area contributed by atoms with E-state index < -0.39 is 21.4 Å². The summed E-state index contributed by atoms with van der Waals surface area (Å²) >= 11 is 0. The second kappa shape index (κ2) is 11.1. The molecular formula is C25H29N7O5S. The summed E-state index contributed by atoms with van der Waals surface area (Å²) in [5.74, 6) is 1.32. The number of hydrogen-bond donors (Lipinski definition) is 1. The molecule has 0 aliphatic carbocycles. The van der Waals surface area contributed by atoms with Crippen molar-refractivity contribution in [1.82, 2.24) is 29.7 Å². The predicted molar refractivity (Wildman–Crippen MR) is 141 cm³/mol. The van der Waals surface area contributed by atoms with Gasteiger partial charge in [0.25, 0.3) is 0 Å². The number of sulfonamides is 1. The van der Waals surface area contributed by atoms with Crippen molar-refractivity contribution < 1.29 is 22.6 Å². The molecular weight excluding hydrogens is 510 g/mol. The lowest BCUT2D eigenvalue weighted by Gasteiger charge is -2.22. The van der Waals surface area contributed by atoms with Crippen LogP contribution in [0.2, 0.25) is 0 Å². The first kappa shape index (κ1) is 26.9. The number of rotatable bonds is 10. The van der Waals surface area contributed by atoms with Gasteiger partial charge in [0.05, 0.1) is 19.9 Å². The zero-order chi connectivity index (χ0) is 27.4. The van der Waals surface area contributed by atoms with Crippen LogP contribution in [0.3, 0.4) is 0 Å². The monoisotopic (exact) mass is 539 g/mol. The molecule has 0 saturated heterocycles. The Morgan fingerprint density at radius 2 is 1.68 bits per heavy atom. The Morgan fingerprint density at radius 1 is 0.947 bits per heavy atom. The summed E-state index contributed by atoms with van der Waals surface area (Å²) in [6.07, 6.45) is 2.28. The topological polar surface area (TPSA) is 143 Å². The van der Waals surface area contributed by atoms with Gasteiger partial charge in [0.15, 0.2) is 11.6 Å². The van der Waals surface area contributed by atoms with E-state index in [2.05, 4.69) is 29.9 Å². The minimum Gasteiger partial charge on any atom is -0.495 e. The number of anilines is 1. The number of methoxy groups -OCH3 is 3. The number of ether oxygens (including phenoxy) is 3. The van der Waals surface area contributed by atoms with Gasteiger partial charge in [-0.2, -0.15) is 0 Å². The lowest BCUT2D eigenvalue weighted by molar-refractivity contribution is 0.0949. The van der Waals surface area contributed by atoms with Gasteiger partial charge < -0.3 is 14.2 Å². The van der Waals surface area contributed by atoms with Crippen molar-refractivity contribution in [3.8, 4) is 28.8 Å². The Labute approximate surface area is 221 Å². The molecule has 3 heterocycles. The van der Waals surface area contributed by atoms with Gasteiger partial charge in [0.2, 0.25) is 21.9 Å². The molecule has 0 aliphatic rings. The van der Waals surface area contributed by atoms with Crippen molar-refractivity contribution in [3.05, 3.63) is 65.7 Å². The van der Waals surface area contributed by atoms with Gasteiger partial charge in [-0.1, -0.05) is 12.1 Å². The van der Waals surface area contributed by atoms with Crippen LogP contribution in [0.1, 0.15) is 30.0 Å². The van der Waals surface area contributed by atoms with Crippen LogP contribution >= 0.6 is 0 Å². The zero-order valence-electron chi connectivity index (χ0n) is 21.9. The molecule has 200 valence electrons. The van der Waals surface area contributed by atoms with Gasteiger partial charge in [-0.25, -0.2) is 23.4 Å². The summed E-state index contributed by atoms with van der Waals surface area (Å²) in [6.45, 7) is 5.26. The van der Waals surface area contributed by atoms with E-state index in [0.717, 1.165) is 11.1 Å². The molecule has 3 aromatic heterocycles. The third-order valence-electron chi connectivity index (χ3n) is 5.86. The Hall–Kier alpha value is -4.10. The molecule has 0 radical (unpaired) electrons. The Bertz CT molecular complexity index is 1520. The minimum atomic E-state index is -4.09. The second-order valence-electron chi connectivity index (χ2n) is 8.55. The van der Waals surface area contributed by atoms with Crippen LogP contribution in [0.5, 0.6) is 11.6 Å². The van der Waals surface area contributed by atoms with E-state index in [9.17, 15) is 8.42 Å². The van der Waals surface area contributed by atoms with Gasteiger partial charge in [-0.15, -0.1) is 10.2 Å². The Morgan fingerprint density at radius 3 is 2.34 bits per heavy atom. The van der Waals surface area contributed by atoms with Crippen LogP contribution in [0.4, 0.5) is 5.95 Å². The van der Waals surface area contributed by atoms with Gasteiger partial charge in [0, 0.05) is 25.6 Å². The third kappa shape index (κ3) is 5.43. The highest BCUT2D eigenvalue weighted by molar-refractivity contribution is 7.93. The van der Waals surface area contributed by atoms with E-state index in [1.165, 1.54) is 28.3 Å². The predicted octanol–water partition coefficient (Wildman–Crippen LogP) is 3.27. The van der Waals surface area contributed by atoms with E-state index >= 15 is 0 Å². The quantitative estimate of drug-likeness (QED) is 0.319. The molecule has 13 heteroatoms. The van der Waals surface area contributed by atoms with E-state index in [1.54, 1.807) is 41.2 Å². The van der Waals surface area contributed by atoms with Crippen molar-refractivity contribution in [1.29, 1.82) is 0 Å². The fourth-order valence-electron chi connectivity index (χ4n) is 3.81. The number of benzene rings is 1. The summed E-state index contributed by atoms with van der Waals surface area (Å²) in [6, 6.07) is 10.7. The van der Waals surface area contributed by atoms with Gasteiger partial charge >= 0.3 is 0 Å². The normalized spacial score (nSPS) is 13.1. The maximum atomic E-state index is 13.6. The number of hydrogen-bond acceptors (Lipinski definition) is 10. The van der Waals surface area contributed by atoms with Crippen LogP contribution in [0, 0.1) is 13.8 Å². The van der Waals surface area contributed by atoms with Crippen molar-refractivity contribution in [2.75, 3.05) is 26.1 Å². The minimum absolute atomic E-state index is 0.0555. The zero-order valence-corrected chi connectivity index (χ0v) is 22.7. The van der Waals surface area contributed by atoms with E-state index in [0.29, 0.717) is 23.0 Å². The average Bonchev–Trinajstić information content (AvgIpc) is 3.32. The molecule has 1 aromatic carbocycles. The number of nitrogens with one attached hydrogen (secondary N) is 1. The molecule has 0 amide bonds. The summed E-state index contributed by atoms with van der Waals surface area (Å²) in [4.78, 5) is 13.0. The maximum Gasteiger partial charge on any atom is 0.243 e. The van der Waals surface area contributed by atoms with Crippen LogP contribution in [0.25, 0.3) is 17.2 Å². The lowest BCUT2D eigenvalue weighted by Crippen LogP contribution is -2.33. The van der Waals surface area contributed by atoms with Crippen molar-refractivity contribution in [2.24, 2.45) is 0 Å². The third-order valence-corrected chi connectivity index (χ3v) is 7.55. The molecule has 12 nitrogen and oxygen atoms in total. The molecule has 4 rings (SSSR count). The second-order valence-corrected chi connectivity index (χ2v) is 10.6. The summed E-state index contributed by atoms with van der Waals surface area (Å²) < 4.78 is 47.7. The number of nitrogens with zero attached hydrogens (tertiary/aromatic N) is 6. The van der Waals surface area contributed by atoms with Crippen LogP contribution in [-0.4, -0.2) is 64.7 Å². The van der Waals surface area contributed by atoms with E-state index in [1.807, 2.05) is 26.0 Å². The van der Waals surface area contributed by atoms with Gasteiger partial charge in [-0.05, 0) is 50.1 Å². The highest BCUT2D eigenvalue weighted by Crippen LogP contribution is 2.33. The molecule has 0 bridgehead atoms. The van der Waals surface area contributed by atoms with Crippen molar-refractivity contribution in [3.63, 3.8) is 0 Å². The summed E-state index contributed by atoms with van der Waals surface area (Å²) in [7, 11) is 0.352. The first-order valence-corrected chi connectivity index (χ1v) is 13.2. The molecule has 38 heavy (non-hydrogen) atoms. The molecule has 0 aliphatic heterocycles. The first-order valence-electron chi connectivity index (χ1n) is 11.6. The SMILES string of the molecule is COc1cccc(-c2nnc(NS(=O)(=O)C(C)C(OC)c3ncc(C)cn3)n2-c2cc(C)ccc2OC)n1.